The van der Waals surface area contributed by atoms with Crippen LogP contribution in [0.5, 0.6) is 0 Å². The average Bonchev–Trinajstić information content (AvgIpc) is 2.26. The van der Waals surface area contributed by atoms with Crippen molar-refractivity contribution in [2.24, 2.45) is 0 Å². The van der Waals surface area contributed by atoms with Gasteiger partial charge in [-0.05, 0) is 13.8 Å². The highest BCUT2D eigenvalue weighted by molar-refractivity contribution is 5.43. The molecule has 2 heterocycles. The van der Waals surface area contributed by atoms with Crippen LogP contribution in [0.3, 0.4) is 0 Å². The van der Waals surface area contributed by atoms with Gasteiger partial charge in [-0.2, -0.15) is 15.0 Å². The highest BCUT2D eigenvalue weighted by Crippen LogP contribution is 2.21. The Kier molecular flexibility index (Phi) is 3.25. The van der Waals surface area contributed by atoms with Gasteiger partial charge in [-0.25, -0.2) is 0 Å². The maximum Gasteiger partial charge on any atom is 0.232 e. The van der Waals surface area contributed by atoms with Crippen molar-refractivity contribution >= 4 is 17.8 Å². The molecule has 0 aromatic carbocycles. The van der Waals surface area contributed by atoms with E-state index >= 15 is 0 Å². The van der Waals surface area contributed by atoms with Crippen LogP contribution in [0.2, 0.25) is 0 Å². The molecule has 0 bridgehead atoms. The van der Waals surface area contributed by atoms with E-state index in [-0.39, 0.29) is 11.5 Å². The fourth-order valence-electron chi connectivity index (χ4n) is 1.90. The molecule has 0 saturated carbocycles. The van der Waals surface area contributed by atoms with Gasteiger partial charge in [-0.3, -0.25) is 0 Å². The first kappa shape index (κ1) is 12.8. The van der Waals surface area contributed by atoms with Gasteiger partial charge >= 0.3 is 0 Å². The van der Waals surface area contributed by atoms with Crippen molar-refractivity contribution in [2.45, 2.75) is 19.4 Å². The molecule has 100 valence electrons. The summed E-state index contributed by atoms with van der Waals surface area (Å²) in [6.07, 6.45) is 0. The molecule has 2 N–H and O–H groups in total. The van der Waals surface area contributed by atoms with Crippen LogP contribution in [-0.2, 0) is 4.74 Å². The predicted octanol–water partition coefficient (Wildman–Crippen LogP) is 0.135. The third-order valence-corrected chi connectivity index (χ3v) is 2.74. The summed E-state index contributed by atoms with van der Waals surface area (Å²) in [5.74, 6) is 1.43. The second-order valence-electron chi connectivity index (χ2n) is 5.22. The molecular formula is C11H20N6O. The molecule has 0 radical (unpaired) electrons. The van der Waals surface area contributed by atoms with Crippen LogP contribution in [0.1, 0.15) is 13.8 Å². The number of rotatable bonds is 2. The van der Waals surface area contributed by atoms with Crippen molar-refractivity contribution in [1.82, 2.24) is 15.0 Å². The van der Waals surface area contributed by atoms with Crippen molar-refractivity contribution in [3.63, 3.8) is 0 Å². The second kappa shape index (κ2) is 4.56. The lowest BCUT2D eigenvalue weighted by molar-refractivity contribution is -0.0281. The molecule has 0 unspecified atom stereocenters. The minimum absolute atomic E-state index is 0.197. The highest BCUT2D eigenvalue weighted by Gasteiger charge is 2.29. The molecule has 7 heteroatoms. The Morgan fingerprint density at radius 3 is 2.61 bits per heavy atom. The molecule has 0 amide bonds. The first-order valence-electron chi connectivity index (χ1n) is 5.95. The van der Waals surface area contributed by atoms with Gasteiger partial charge in [0.25, 0.3) is 0 Å². The van der Waals surface area contributed by atoms with E-state index in [2.05, 4.69) is 33.7 Å². The summed E-state index contributed by atoms with van der Waals surface area (Å²) < 4.78 is 5.67. The second-order valence-corrected chi connectivity index (χ2v) is 5.22. The molecule has 0 atom stereocenters. The number of aromatic nitrogens is 3. The van der Waals surface area contributed by atoms with Crippen molar-refractivity contribution in [1.29, 1.82) is 0 Å². The van der Waals surface area contributed by atoms with E-state index in [1.807, 2.05) is 19.0 Å². The van der Waals surface area contributed by atoms with Crippen molar-refractivity contribution in [3.8, 4) is 0 Å². The zero-order chi connectivity index (χ0) is 13.3. The summed E-state index contributed by atoms with van der Waals surface area (Å²) in [6, 6.07) is 0. The Bertz CT molecular complexity index is 434. The number of nitrogens with two attached hydrogens (primary N) is 1. The van der Waals surface area contributed by atoms with E-state index in [9.17, 15) is 0 Å². The summed E-state index contributed by atoms with van der Waals surface area (Å²) >= 11 is 0. The average molecular weight is 252 g/mol. The van der Waals surface area contributed by atoms with Gasteiger partial charge < -0.3 is 20.3 Å². The predicted molar refractivity (Wildman–Crippen MR) is 70.8 cm³/mol. The third-order valence-electron chi connectivity index (χ3n) is 2.74. The van der Waals surface area contributed by atoms with Gasteiger partial charge in [0.2, 0.25) is 17.8 Å². The van der Waals surface area contributed by atoms with Crippen LogP contribution < -0.4 is 15.5 Å². The fourth-order valence-corrected chi connectivity index (χ4v) is 1.90. The number of nitrogens with zero attached hydrogens (tertiary/aromatic N) is 5. The van der Waals surface area contributed by atoms with Gasteiger partial charge in [-0.1, -0.05) is 0 Å². The van der Waals surface area contributed by atoms with Gasteiger partial charge in [-0.15, -0.1) is 0 Å². The van der Waals surface area contributed by atoms with E-state index in [0.717, 1.165) is 13.1 Å². The van der Waals surface area contributed by atoms with Crippen LogP contribution in [0.15, 0.2) is 0 Å². The third kappa shape index (κ3) is 2.79. The van der Waals surface area contributed by atoms with Crippen LogP contribution >= 0.6 is 0 Å². The molecule has 1 aromatic heterocycles. The van der Waals surface area contributed by atoms with Crippen molar-refractivity contribution in [2.75, 3.05) is 49.3 Å². The van der Waals surface area contributed by atoms with E-state index in [1.165, 1.54) is 0 Å². The van der Waals surface area contributed by atoms with E-state index in [4.69, 9.17) is 10.5 Å². The normalized spacial score (nSPS) is 18.8. The Balaban J connectivity index is 2.27. The van der Waals surface area contributed by atoms with Crippen LogP contribution in [0, 0.1) is 0 Å². The molecule has 1 saturated heterocycles. The maximum atomic E-state index is 5.72. The minimum atomic E-state index is -0.197. The smallest absolute Gasteiger partial charge is 0.232 e. The Morgan fingerprint density at radius 2 is 2.00 bits per heavy atom. The van der Waals surface area contributed by atoms with Crippen molar-refractivity contribution in [3.05, 3.63) is 0 Å². The van der Waals surface area contributed by atoms with Crippen LogP contribution in [-0.4, -0.2) is 54.3 Å². The summed E-state index contributed by atoms with van der Waals surface area (Å²) in [4.78, 5) is 16.6. The summed E-state index contributed by atoms with van der Waals surface area (Å²) in [5, 5.41) is 0. The zero-order valence-electron chi connectivity index (χ0n) is 11.3. The van der Waals surface area contributed by atoms with Gasteiger partial charge in [0, 0.05) is 27.2 Å². The molecule has 1 fully saturated rings. The number of ether oxygens (including phenoxy) is 1. The standard InChI is InChI=1S/C11H20N6O/c1-11(2)7-17(5-6-18-11)10-14-8(12)13-9(15-10)16(3)4/h5-7H2,1-4H3,(H2,12,13,14,15). The van der Waals surface area contributed by atoms with Crippen molar-refractivity contribution < 1.29 is 4.74 Å². The molecule has 1 aliphatic heterocycles. The van der Waals surface area contributed by atoms with E-state index < -0.39 is 0 Å². The molecule has 1 aliphatic rings. The Morgan fingerprint density at radius 1 is 1.28 bits per heavy atom. The Hall–Kier alpha value is -1.63. The summed E-state index contributed by atoms with van der Waals surface area (Å²) in [5.41, 5.74) is 5.53. The van der Waals surface area contributed by atoms with Gasteiger partial charge in [0.05, 0.1) is 12.2 Å². The monoisotopic (exact) mass is 252 g/mol. The lowest BCUT2D eigenvalue weighted by Crippen LogP contribution is -2.49. The molecule has 18 heavy (non-hydrogen) atoms. The first-order valence-corrected chi connectivity index (χ1v) is 5.95. The summed E-state index contributed by atoms with van der Waals surface area (Å²) in [7, 11) is 3.75. The van der Waals surface area contributed by atoms with Gasteiger partial charge in [0.1, 0.15) is 0 Å². The minimum Gasteiger partial charge on any atom is -0.372 e. The Labute approximate surface area is 107 Å². The number of hydrogen-bond acceptors (Lipinski definition) is 7. The quantitative estimate of drug-likeness (QED) is 0.801. The lowest BCUT2D eigenvalue weighted by Gasteiger charge is -2.38. The SMILES string of the molecule is CN(C)c1nc(N)nc(N2CCOC(C)(C)C2)n1. The fraction of sp³-hybridized carbons (Fsp3) is 0.727. The van der Waals surface area contributed by atoms with Gasteiger partial charge in [0.15, 0.2) is 0 Å². The number of hydrogen-bond donors (Lipinski definition) is 1. The molecular weight excluding hydrogens is 232 g/mol. The topological polar surface area (TPSA) is 80.4 Å². The molecule has 1 aromatic rings. The summed E-state index contributed by atoms with van der Waals surface area (Å²) in [6.45, 7) is 6.27. The van der Waals surface area contributed by atoms with Crippen LogP contribution in [0.4, 0.5) is 17.8 Å². The molecule has 7 nitrogen and oxygen atoms in total. The maximum absolute atomic E-state index is 5.72. The van der Waals surface area contributed by atoms with E-state index in [1.54, 1.807) is 0 Å². The first-order chi connectivity index (χ1) is 8.37. The number of morpholine rings is 1. The number of nitrogen functional groups attached to an aromatic ring is 1. The lowest BCUT2D eigenvalue weighted by atomic mass is 10.1. The van der Waals surface area contributed by atoms with E-state index in [0.29, 0.717) is 18.5 Å². The van der Waals surface area contributed by atoms with Crippen LogP contribution in [0.25, 0.3) is 0 Å². The number of anilines is 3. The molecule has 0 aliphatic carbocycles. The highest BCUT2D eigenvalue weighted by atomic mass is 16.5. The zero-order valence-corrected chi connectivity index (χ0v) is 11.3. The molecule has 0 spiro atoms. The molecule has 2 rings (SSSR count). The largest absolute Gasteiger partial charge is 0.372 e.